The van der Waals surface area contributed by atoms with Crippen LogP contribution in [0.1, 0.15) is 73.1 Å². The van der Waals surface area contributed by atoms with Gasteiger partial charge >= 0.3 is 12.1 Å². The van der Waals surface area contributed by atoms with Crippen molar-refractivity contribution in [3.8, 4) is 0 Å². The lowest BCUT2D eigenvalue weighted by atomic mass is 10.1. The number of carbonyl (C=O) groups is 3. The minimum absolute atomic E-state index is 0.0179. The maximum Gasteiger partial charge on any atom is 0.405 e. The van der Waals surface area contributed by atoms with Crippen LogP contribution in [0.15, 0.2) is 12.7 Å². The highest BCUT2D eigenvalue weighted by atomic mass is 16.6. The van der Waals surface area contributed by atoms with Gasteiger partial charge in [-0.15, -0.1) is 6.58 Å². The molecule has 174 valence electrons. The van der Waals surface area contributed by atoms with Crippen molar-refractivity contribution >= 4 is 18.0 Å². The fraction of sp³-hybridized carbons (Fsp3) is 0.773. The summed E-state index contributed by atoms with van der Waals surface area (Å²) in [6, 6.07) is -0.423. The van der Waals surface area contributed by atoms with E-state index in [2.05, 4.69) is 11.3 Å². The van der Waals surface area contributed by atoms with Crippen molar-refractivity contribution in [1.82, 2.24) is 4.90 Å². The lowest BCUT2D eigenvalue weighted by molar-refractivity contribution is -0.152. The quantitative estimate of drug-likeness (QED) is 0.444. The minimum Gasteiger partial charge on any atom is -0.467 e. The molecule has 1 saturated heterocycles. The van der Waals surface area contributed by atoms with E-state index in [1.807, 2.05) is 19.9 Å². The molecule has 8 heteroatoms. The van der Waals surface area contributed by atoms with E-state index in [0.29, 0.717) is 19.4 Å². The lowest BCUT2D eigenvalue weighted by Gasteiger charge is -2.26. The van der Waals surface area contributed by atoms with E-state index in [9.17, 15) is 14.4 Å². The molecule has 0 aromatic heterocycles. The molecule has 2 amide bonds. The Morgan fingerprint density at radius 3 is 2.37 bits per heavy atom. The topological polar surface area (TPSA) is 108 Å². The van der Waals surface area contributed by atoms with Crippen LogP contribution in [0, 0.1) is 0 Å². The molecular weight excluding hydrogens is 388 g/mol. The number of hydrogen-bond acceptors (Lipinski definition) is 6. The van der Waals surface area contributed by atoms with Crippen LogP contribution < -0.4 is 5.73 Å². The molecule has 0 aromatic rings. The van der Waals surface area contributed by atoms with Crippen molar-refractivity contribution in [3.63, 3.8) is 0 Å². The number of carbonyl (C=O) groups excluding carboxylic acids is 3. The Kier molecular flexibility index (Phi) is 13.0. The van der Waals surface area contributed by atoms with Crippen molar-refractivity contribution in [3.05, 3.63) is 12.7 Å². The third-order valence-electron chi connectivity index (χ3n) is 4.51. The van der Waals surface area contributed by atoms with Gasteiger partial charge in [0.1, 0.15) is 11.6 Å². The van der Waals surface area contributed by atoms with E-state index in [-0.39, 0.29) is 24.1 Å². The molecule has 1 aliphatic rings. The number of nitrogens with zero attached hydrogens (tertiary/aromatic N) is 1. The third kappa shape index (κ3) is 11.8. The Hall–Kier alpha value is -2.09. The molecular formula is C22H40N2O6. The number of esters is 1. The second-order valence-electron chi connectivity index (χ2n) is 8.35. The molecule has 0 spiro atoms. The van der Waals surface area contributed by atoms with Crippen molar-refractivity contribution in [2.75, 3.05) is 13.7 Å². The molecule has 0 aromatic carbocycles. The summed E-state index contributed by atoms with van der Waals surface area (Å²) in [7, 11) is 1.36. The maximum atomic E-state index is 12.5. The zero-order valence-corrected chi connectivity index (χ0v) is 19.4. The van der Waals surface area contributed by atoms with E-state index in [4.69, 9.17) is 15.2 Å². The van der Waals surface area contributed by atoms with Gasteiger partial charge in [0.2, 0.25) is 5.91 Å². The maximum absolute atomic E-state index is 12.5. The number of ether oxygens (including phenoxy) is 3. The summed E-state index contributed by atoms with van der Waals surface area (Å²) >= 11 is 0. The smallest absolute Gasteiger partial charge is 0.405 e. The largest absolute Gasteiger partial charge is 0.467 e. The molecule has 0 aliphatic carbocycles. The number of allylic oxidation sites excluding steroid dienone is 1. The Morgan fingerprint density at radius 1 is 1.30 bits per heavy atom. The molecule has 0 saturated carbocycles. The standard InChI is InChI=1S/C17H29NO4.C5H11NO2/c1-5-7-9-13(3)22-14(6-2)12-16(19)18-11-8-10-15(18)17(20)21-4;1-5(2,3)8-4(6)7/h5,13-15H,1,6-12H2,2-4H3;1-3H3,(H2,6,7)/t13-,14?,15?;/m1./s1. The van der Waals surface area contributed by atoms with Crippen LogP contribution in [0.4, 0.5) is 4.79 Å². The van der Waals surface area contributed by atoms with Gasteiger partial charge in [-0.25, -0.2) is 9.59 Å². The number of primary amides is 1. The van der Waals surface area contributed by atoms with Crippen LogP contribution in [0.3, 0.4) is 0 Å². The number of hydrogen-bond donors (Lipinski definition) is 1. The Labute approximate surface area is 181 Å². The summed E-state index contributed by atoms with van der Waals surface area (Å²) in [5, 5.41) is 0. The molecule has 1 fully saturated rings. The van der Waals surface area contributed by atoms with Crippen LogP contribution in [-0.2, 0) is 23.8 Å². The normalized spacial score (nSPS) is 17.9. The highest BCUT2D eigenvalue weighted by Crippen LogP contribution is 2.21. The van der Waals surface area contributed by atoms with Gasteiger partial charge < -0.3 is 24.8 Å². The average molecular weight is 429 g/mol. The Morgan fingerprint density at radius 2 is 1.93 bits per heavy atom. The number of likely N-dealkylation sites (tertiary alicyclic amines) is 1. The van der Waals surface area contributed by atoms with Gasteiger partial charge in [-0.1, -0.05) is 13.0 Å². The van der Waals surface area contributed by atoms with Gasteiger partial charge in [0.05, 0.1) is 25.7 Å². The predicted molar refractivity (Wildman–Crippen MR) is 116 cm³/mol. The van der Waals surface area contributed by atoms with Gasteiger partial charge in [0, 0.05) is 6.54 Å². The monoisotopic (exact) mass is 428 g/mol. The summed E-state index contributed by atoms with van der Waals surface area (Å²) in [6.07, 6.45) is 5.59. The first-order valence-corrected chi connectivity index (χ1v) is 10.6. The van der Waals surface area contributed by atoms with Gasteiger partial charge in [-0.05, 0) is 59.8 Å². The molecule has 1 heterocycles. The second-order valence-corrected chi connectivity index (χ2v) is 8.35. The van der Waals surface area contributed by atoms with Crippen molar-refractivity contribution in [2.24, 2.45) is 5.73 Å². The Balaban J connectivity index is 0.000000890. The molecule has 2 unspecified atom stereocenters. The fourth-order valence-electron chi connectivity index (χ4n) is 3.10. The molecule has 1 rings (SSSR count). The molecule has 1 aliphatic heterocycles. The molecule has 2 N–H and O–H groups in total. The number of methoxy groups -OCH3 is 1. The molecule has 0 bridgehead atoms. The average Bonchev–Trinajstić information content (AvgIpc) is 3.13. The van der Waals surface area contributed by atoms with Gasteiger partial charge in [0.15, 0.2) is 0 Å². The Bertz CT molecular complexity index is 558. The van der Waals surface area contributed by atoms with Crippen LogP contribution >= 0.6 is 0 Å². The van der Waals surface area contributed by atoms with Crippen LogP contribution in [0.25, 0.3) is 0 Å². The van der Waals surface area contributed by atoms with Gasteiger partial charge in [0.25, 0.3) is 0 Å². The summed E-state index contributed by atoms with van der Waals surface area (Å²) in [5.41, 5.74) is 4.26. The summed E-state index contributed by atoms with van der Waals surface area (Å²) < 4.78 is 15.3. The molecule has 30 heavy (non-hydrogen) atoms. The van der Waals surface area contributed by atoms with E-state index in [1.54, 1.807) is 25.7 Å². The van der Waals surface area contributed by atoms with Crippen molar-refractivity contribution < 1.29 is 28.6 Å². The summed E-state index contributed by atoms with van der Waals surface area (Å²) in [4.78, 5) is 35.8. The molecule has 0 radical (unpaired) electrons. The first-order chi connectivity index (χ1) is 13.9. The zero-order valence-electron chi connectivity index (χ0n) is 19.4. The number of amides is 2. The van der Waals surface area contributed by atoms with E-state index in [0.717, 1.165) is 25.7 Å². The number of nitrogens with two attached hydrogens (primary N) is 1. The van der Waals surface area contributed by atoms with Crippen molar-refractivity contribution in [2.45, 2.75) is 97.0 Å². The van der Waals surface area contributed by atoms with E-state index < -0.39 is 17.7 Å². The first-order valence-electron chi connectivity index (χ1n) is 10.6. The highest BCUT2D eigenvalue weighted by Gasteiger charge is 2.35. The van der Waals surface area contributed by atoms with Crippen LogP contribution in [-0.4, -0.2) is 60.4 Å². The molecule has 8 nitrogen and oxygen atoms in total. The van der Waals surface area contributed by atoms with Gasteiger partial charge in [-0.2, -0.15) is 0 Å². The highest BCUT2D eigenvalue weighted by molar-refractivity contribution is 5.85. The first kappa shape index (κ1) is 27.9. The third-order valence-corrected chi connectivity index (χ3v) is 4.51. The van der Waals surface area contributed by atoms with Crippen LogP contribution in [0.2, 0.25) is 0 Å². The minimum atomic E-state index is -0.725. The SMILES string of the molecule is C=CCC[C@@H](C)OC(CC)CC(=O)N1CCCC1C(=O)OC.CC(C)(C)OC(N)=O. The summed E-state index contributed by atoms with van der Waals surface area (Å²) in [6.45, 7) is 13.6. The fourth-order valence-corrected chi connectivity index (χ4v) is 3.10. The van der Waals surface area contributed by atoms with E-state index >= 15 is 0 Å². The van der Waals surface area contributed by atoms with E-state index in [1.165, 1.54) is 7.11 Å². The predicted octanol–water partition coefficient (Wildman–Crippen LogP) is 3.57. The molecule has 3 atom stereocenters. The lowest BCUT2D eigenvalue weighted by Crippen LogP contribution is -2.42. The van der Waals surface area contributed by atoms with Crippen molar-refractivity contribution in [1.29, 1.82) is 0 Å². The van der Waals surface area contributed by atoms with Crippen LogP contribution in [0.5, 0.6) is 0 Å². The zero-order chi connectivity index (χ0) is 23.3. The second kappa shape index (κ2) is 14.0. The number of rotatable bonds is 9. The summed E-state index contributed by atoms with van der Waals surface area (Å²) in [5.74, 6) is -0.338. The van der Waals surface area contributed by atoms with Gasteiger partial charge in [-0.3, -0.25) is 4.79 Å².